The van der Waals surface area contributed by atoms with Crippen LogP contribution in [-0.4, -0.2) is 47.9 Å². The summed E-state index contributed by atoms with van der Waals surface area (Å²) in [4.78, 5) is -2.32. The number of hydrogen-bond acceptors (Lipinski definition) is 5. The molecule has 0 bridgehead atoms. The van der Waals surface area contributed by atoms with Crippen molar-refractivity contribution in [2.75, 3.05) is 19.8 Å². The maximum Gasteiger partial charge on any atom is 0.297 e. The summed E-state index contributed by atoms with van der Waals surface area (Å²) in [5.74, 6) is 0. The van der Waals surface area contributed by atoms with E-state index in [0.29, 0.717) is 0 Å². The fraction of sp³-hybridized carbons (Fsp3) is 1.00. The van der Waals surface area contributed by atoms with Crippen molar-refractivity contribution >= 4 is 10.1 Å². The predicted octanol–water partition coefficient (Wildman–Crippen LogP) is -1.41. The fourth-order valence-corrected chi connectivity index (χ4v) is 0.633. The highest BCUT2D eigenvalue weighted by atomic mass is 32.2. The Morgan fingerprint density at radius 1 is 1.50 bits per heavy atom. The summed E-state index contributed by atoms with van der Waals surface area (Å²) in [5, 5.41) is 17.3. The monoisotopic (exact) mass is 200 g/mol. The number of rotatable bonds is 5. The molecular formula is C5H12O6S. The molecule has 3 N–H and O–H groups in total. The van der Waals surface area contributed by atoms with E-state index in [1.54, 1.807) is 0 Å². The highest BCUT2D eigenvalue weighted by Gasteiger charge is 2.35. The lowest BCUT2D eigenvalue weighted by molar-refractivity contribution is 0.00264. The van der Waals surface area contributed by atoms with Crippen LogP contribution >= 0.6 is 0 Å². The third-order valence-corrected chi connectivity index (χ3v) is 2.39. The average Bonchev–Trinajstić information content (AvgIpc) is 1.85. The Morgan fingerprint density at radius 3 is 2.33 bits per heavy atom. The van der Waals surface area contributed by atoms with Crippen LogP contribution < -0.4 is 0 Å². The number of aliphatic hydroxyl groups is 2. The van der Waals surface area contributed by atoms with Crippen LogP contribution in [0.4, 0.5) is 0 Å². The molecule has 0 aliphatic carbocycles. The van der Waals surface area contributed by atoms with E-state index in [1.807, 2.05) is 0 Å². The summed E-state index contributed by atoms with van der Waals surface area (Å²) in [6, 6.07) is 0. The van der Waals surface area contributed by atoms with Gasteiger partial charge in [-0.05, 0) is 6.92 Å². The predicted molar refractivity (Wildman–Crippen MR) is 40.1 cm³/mol. The fourth-order valence-electron chi connectivity index (χ4n) is 0.401. The summed E-state index contributed by atoms with van der Waals surface area (Å²) in [5.41, 5.74) is 0. The molecule has 0 heterocycles. The topological polar surface area (TPSA) is 104 Å². The largest absolute Gasteiger partial charge is 0.394 e. The second kappa shape index (κ2) is 4.15. The van der Waals surface area contributed by atoms with Gasteiger partial charge in [-0.3, -0.25) is 4.55 Å². The molecule has 6 nitrogen and oxygen atoms in total. The SMILES string of the molecule is CC(O)(COCCO)S(=O)(=O)O. The summed E-state index contributed by atoms with van der Waals surface area (Å²) < 4.78 is 33.8. The normalized spacial score (nSPS) is 17.3. The molecule has 0 radical (unpaired) electrons. The van der Waals surface area contributed by atoms with E-state index in [1.165, 1.54) is 0 Å². The Kier molecular flexibility index (Phi) is 4.08. The second-order valence-corrected chi connectivity index (χ2v) is 4.26. The maximum absolute atomic E-state index is 10.4. The molecule has 0 amide bonds. The van der Waals surface area contributed by atoms with E-state index in [0.717, 1.165) is 6.92 Å². The Bertz CT molecular complexity index is 218. The van der Waals surface area contributed by atoms with Gasteiger partial charge in [0.1, 0.15) is 0 Å². The van der Waals surface area contributed by atoms with Crippen molar-refractivity contribution in [3.8, 4) is 0 Å². The van der Waals surface area contributed by atoms with Crippen LogP contribution in [0.15, 0.2) is 0 Å². The first kappa shape index (κ1) is 11.8. The van der Waals surface area contributed by atoms with Gasteiger partial charge in [0.25, 0.3) is 10.1 Å². The van der Waals surface area contributed by atoms with Crippen LogP contribution in [0.5, 0.6) is 0 Å². The molecule has 74 valence electrons. The second-order valence-electron chi connectivity index (χ2n) is 2.43. The van der Waals surface area contributed by atoms with Gasteiger partial charge in [-0.25, -0.2) is 0 Å². The van der Waals surface area contributed by atoms with E-state index in [9.17, 15) is 8.42 Å². The molecule has 0 saturated carbocycles. The number of ether oxygens (including phenoxy) is 1. The molecule has 0 aromatic rings. The highest BCUT2D eigenvalue weighted by molar-refractivity contribution is 7.87. The Balaban J connectivity index is 4.06. The van der Waals surface area contributed by atoms with Crippen LogP contribution in [0.1, 0.15) is 6.92 Å². The minimum Gasteiger partial charge on any atom is -0.394 e. The summed E-state index contributed by atoms with van der Waals surface area (Å²) in [7, 11) is -4.53. The van der Waals surface area contributed by atoms with Crippen molar-refractivity contribution < 1.29 is 27.9 Å². The molecule has 0 fully saturated rings. The zero-order chi connectivity index (χ0) is 9.83. The van der Waals surface area contributed by atoms with E-state index in [2.05, 4.69) is 4.74 Å². The van der Waals surface area contributed by atoms with Crippen molar-refractivity contribution in [1.82, 2.24) is 0 Å². The lowest BCUT2D eigenvalue weighted by Crippen LogP contribution is -2.39. The average molecular weight is 200 g/mol. The first-order valence-corrected chi connectivity index (χ1v) is 4.63. The van der Waals surface area contributed by atoms with Gasteiger partial charge in [-0.2, -0.15) is 8.42 Å². The molecule has 0 aromatic carbocycles. The van der Waals surface area contributed by atoms with Gasteiger partial charge >= 0.3 is 0 Å². The third-order valence-electron chi connectivity index (χ3n) is 1.16. The lowest BCUT2D eigenvalue weighted by atomic mass is 10.4. The van der Waals surface area contributed by atoms with Gasteiger partial charge in [0.2, 0.25) is 4.93 Å². The van der Waals surface area contributed by atoms with E-state index >= 15 is 0 Å². The van der Waals surface area contributed by atoms with Gasteiger partial charge in [-0.15, -0.1) is 0 Å². The first-order valence-electron chi connectivity index (χ1n) is 3.19. The van der Waals surface area contributed by atoms with Gasteiger partial charge in [0.05, 0.1) is 19.8 Å². The molecule has 0 aliphatic heterocycles. The molecule has 0 aliphatic rings. The van der Waals surface area contributed by atoms with E-state index in [-0.39, 0.29) is 13.2 Å². The molecule has 1 atom stereocenters. The summed E-state index contributed by atoms with van der Waals surface area (Å²) in [6.07, 6.45) is 0. The Labute approximate surface area is 70.5 Å². The van der Waals surface area contributed by atoms with Crippen molar-refractivity contribution in [3.05, 3.63) is 0 Å². The first-order chi connectivity index (χ1) is 5.31. The number of aliphatic hydroxyl groups excluding tert-OH is 1. The third kappa shape index (κ3) is 3.46. The van der Waals surface area contributed by atoms with Crippen molar-refractivity contribution in [1.29, 1.82) is 0 Å². The maximum atomic E-state index is 10.4. The van der Waals surface area contributed by atoms with Crippen LogP contribution in [-0.2, 0) is 14.9 Å². The standard InChI is InChI=1S/C5H12O6S/c1-5(7,12(8,9)10)4-11-3-2-6/h6-7H,2-4H2,1H3,(H,8,9,10). The van der Waals surface area contributed by atoms with Crippen molar-refractivity contribution in [2.24, 2.45) is 0 Å². The zero-order valence-corrected chi connectivity index (χ0v) is 7.41. The number of hydrogen-bond donors (Lipinski definition) is 3. The van der Waals surface area contributed by atoms with Crippen LogP contribution in [0.2, 0.25) is 0 Å². The molecule has 1 unspecified atom stereocenters. The minimum absolute atomic E-state index is 0.0916. The van der Waals surface area contributed by atoms with Crippen LogP contribution in [0.25, 0.3) is 0 Å². The van der Waals surface area contributed by atoms with Crippen LogP contribution in [0.3, 0.4) is 0 Å². The smallest absolute Gasteiger partial charge is 0.297 e. The molecule has 0 rings (SSSR count). The van der Waals surface area contributed by atoms with E-state index in [4.69, 9.17) is 14.8 Å². The van der Waals surface area contributed by atoms with Gasteiger partial charge < -0.3 is 14.9 Å². The summed E-state index contributed by atoms with van der Waals surface area (Å²) in [6.45, 7) is -0.0423. The molecule has 0 spiro atoms. The van der Waals surface area contributed by atoms with Gasteiger partial charge in [0.15, 0.2) is 0 Å². The quantitative estimate of drug-likeness (QED) is 0.372. The highest BCUT2D eigenvalue weighted by Crippen LogP contribution is 2.11. The molecule has 12 heavy (non-hydrogen) atoms. The molecule has 0 saturated heterocycles. The van der Waals surface area contributed by atoms with Gasteiger partial charge in [-0.1, -0.05) is 0 Å². The summed E-state index contributed by atoms with van der Waals surface area (Å²) >= 11 is 0. The molecular weight excluding hydrogens is 188 g/mol. The Hall–Kier alpha value is -0.210. The molecule has 0 aromatic heterocycles. The van der Waals surface area contributed by atoms with Gasteiger partial charge in [0, 0.05) is 0 Å². The van der Waals surface area contributed by atoms with Crippen LogP contribution in [0, 0.1) is 0 Å². The van der Waals surface area contributed by atoms with Crippen molar-refractivity contribution in [3.63, 3.8) is 0 Å². The Morgan fingerprint density at radius 2 is 2.00 bits per heavy atom. The zero-order valence-electron chi connectivity index (χ0n) is 6.60. The lowest BCUT2D eigenvalue weighted by Gasteiger charge is -2.18. The minimum atomic E-state index is -4.53. The van der Waals surface area contributed by atoms with E-state index < -0.39 is 21.7 Å². The van der Waals surface area contributed by atoms with Crippen molar-refractivity contribution in [2.45, 2.75) is 11.9 Å². The molecule has 7 heteroatoms.